The number of phenols is 2. The number of carbonyl (C=O) groups excluding carboxylic acids is 2. The number of carbonyl (C=O) groups is 2. The Hall–Kier alpha value is -4.52. The molecule has 3 N–H and O–H groups in total. The second-order valence-electron chi connectivity index (χ2n) is 7.40. The van der Waals surface area contributed by atoms with Crippen molar-refractivity contribution in [1.82, 2.24) is 0 Å². The van der Waals surface area contributed by atoms with Gasteiger partial charge in [-0.05, 0) is 42.0 Å². The molecule has 1 amide bonds. The van der Waals surface area contributed by atoms with E-state index in [1.54, 1.807) is 54.6 Å². The minimum atomic E-state index is -1.04. The molecule has 1 aliphatic rings. The SMILES string of the molecule is O=C(C1=C(O)C(=O)N(c2ccccc2O)C1c1ccc(O)cc1)c1cc2ccccc2o1. The third-order valence-electron chi connectivity index (χ3n) is 5.45. The Bertz CT molecular complexity index is 1370. The van der Waals surface area contributed by atoms with Crippen molar-refractivity contribution in [3.05, 3.63) is 102 Å². The van der Waals surface area contributed by atoms with Gasteiger partial charge in [-0.3, -0.25) is 14.5 Å². The molecule has 3 aromatic carbocycles. The Morgan fingerprint density at radius 2 is 1.56 bits per heavy atom. The quantitative estimate of drug-likeness (QED) is 0.410. The Morgan fingerprint density at radius 3 is 2.28 bits per heavy atom. The summed E-state index contributed by atoms with van der Waals surface area (Å²) in [6.07, 6.45) is 0. The molecule has 158 valence electrons. The van der Waals surface area contributed by atoms with Crippen molar-refractivity contribution in [2.75, 3.05) is 4.90 Å². The normalized spacial score (nSPS) is 16.2. The lowest BCUT2D eigenvalue weighted by molar-refractivity contribution is -0.117. The maximum Gasteiger partial charge on any atom is 0.294 e. The first kappa shape index (κ1) is 19.4. The third-order valence-corrected chi connectivity index (χ3v) is 5.45. The summed E-state index contributed by atoms with van der Waals surface area (Å²) in [6, 6.07) is 19.7. The molecule has 7 heteroatoms. The summed E-state index contributed by atoms with van der Waals surface area (Å²) in [5.41, 5.74) is 0.916. The van der Waals surface area contributed by atoms with Crippen molar-refractivity contribution in [3.63, 3.8) is 0 Å². The second-order valence-corrected chi connectivity index (χ2v) is 7.40. The van der Waals surface area contributed by atoms with E-state index in [1.807, 2.05) is 0 Å². The smallest absolute Gasteiger partial charge is 0.294 e. The Balaban J connectivity index is 1.68. The van der Waals surface area contributed by atoms with Crippen molar-refractivity contribution in [3.8, 4) is 11.5 Å². The molecule has 0 saturated carbocycles. The van der Waals surface area contributed by atoms with Gasteiger partial charge in [0.2, 0.25) is 5.78 Å². The first-order chi connectivity index (χ1) is 15.5. The predicted molar refractivity (Wildman–Crippen MR) is 117 cm³/mol. The van der Waals surface area contributed by atoms with E-state index < -0.39 is 23.5 Å². The summed E-state index contributed by atoms with van der Waals surface area (Å²) < 4.78 is 5.68. The minimum absolute atomic E-state index is 0.00513. The molecule has 1 atom stereocenters. The number of amides is 1. The number of anilines is 1. The molecule has 4 aromatic rings. The highest BCUT2D eigenvalue weighted by molar-refractivity contribution is 6.21. The molecule has 5 rings (SSSR count). The van der Waals surface area contributed by atoms with Crippen LogP contribution in [-0.4, -0.2) is 27.0 Å². The van der Waals surface area contributed by atoms with Gasteiger partial charge in [0.15, 0.2) is 11.5 Å². The molecular weight excluding hydrogens is 410 g/mol. The molecule has 0 aliphatic carbocycles. The van der Waals surface area contributed by atoms with Crippen LogP contribution < -0.4 is 4.90 Å². The van der Waals surface area contributed by atoms with Crippen molar-refractivity contribution in [2.45, 2.75) is 6.04 Å². The Kier molecular flexibility index (Phi) is 4.44. The molecular formula is C25H17NO6. The number of ketones is 1. The van der Waals surface area contributed by atoms with Gasteiger partial charge in [0.05, 0.1) is 17.3 Å². The van der Waals surface area contributed by atoms with E-state index in [1.165, 1.54) is 24.3 Å². The van der Waals surface area contributed by atoms with Crippen LogP contribution in [0.2, 0.25) is 0 Å². The number of phenolic OH excluding ortho intramolecular Hbond substituents is 2. The number of benzene rings is 3. The van der Waals surface area contributed by atoms with Gasteiger partial charge >= 0.3 is 0 Å². The number of hydrogen-bond acceptors (Lipinski definition) is 6. The maximum atomic E-state index is 13.5. The van der Waals surface area contributed by atoms with E-state index in [-0.39, 0.29) is 28.5 Å². The number of aliphatic hydroxyl groups excluding tert-OH is 1. The molecule has 1 unspecified atom stereocenters. The van der Waals surface area contributed by atoms with Gasteiger partial charge in [-0.15, -0.1) is 0 Å². The summed E-state index contributed by atoms with van der Waals surface area (Å²) in [5, 5.41) is 31.6. The third kappa shape index (κ3) is 2.99. The van der Waals surface area contributed by atoms with Crippen LogP contribution in [0.25, 0.3) is 11.0 Å². The Morgan fingerprint density at radius 1 is 0.875 bits per heavy atom. The van der Waals surface area contributed by atoms with Gasteiger partial charge in [0, 0.05) is 5.39 Å². The lowest BCUT2D eigenvalue weighted by Gasteiger charge is -2.27. The summed E-state index contributed by atoms with van der Waals surface area (Å²) in [6.45, 7) is 0. The van der Waals surface area contributed by atoms with Crippen molar-refractivity contribution in [1.29, 1.82) is 0 Å². The number of rotatable bonds is 4. The van der Waals surface area contributed by atoms with Gasteiger partial charge in [-0.1, -0.05) is 42.5 Å². The van der Waals surface area contributed by atoms with E-state index in [9.17, 15) is 24.9 Å². The molecule has 7 nitrogen and oxygen atoms in total. The van der Waals surface area contributed by atoms with E-state index in [2.05, 4.69) is 0 Å². The van der Waals surface area contributed by atoms with E-state index in [4.69, 9.17) is 4.42 Å². The van der Waals surface area contributed by atoms with Crippen LogP contribution in [0.5, 0.6) is 11.5 Å². The van der Waals surface area contributed by atoms with Gasteiger partial charge < -0.3 is 19.7 Å². The lowest BCUT2D eigenvalue weighted by atomic mass is 9.94. The fourth-order valence-electron chi connectivity index (χ4n) is 3.95. The number of Topliss-reactive ketones (excluding diaryl/α,β-unsaturated/α-hetero) is 1. The molecule has 0 bridgehead atoms. The fourth-order valence-corrected chi connectivity index (χ4v) is 3.95. The molecule has 2 heterocycles. The fraction of sp³-hybridized carbons (Fsp3) is 0.0400. The Labute approximate surface area is 182 Å². The van der Waals surface area contributed by atoms with Gasteiger partial charge in [0.1, 0.15) is 17.1 Å². The molecule has 0 radical (unpaired) electrons. The van der Waals surface area contributed by atoms with E-state index >= 15 is 0 Å². The first-order valence-corrected chi connectivity index (χ1v) is 9.82. The van der Waals surface area contributed by atoms with Crippen LogP contribution in [0.3, 0.4) is 0 Å². The first-order valence-electron chi connectivity index (χ1n) is 9.82. The van der Waals surface area contributed by atoms with E-state index in [0.717, 1.165) is 4.90 Å². The van der Waals surface area contributed by atoms with Crippen LogP contribution in [0.1, 0.15) is 22.2 Å². The zero-order valence-electron chi connectivity index (χ0n) is 16.6. The highest BCUT2D eigenvalue weighted by Gasteiger charge is 2.46. The van der Waals surface area contributed by atoms with Crippen molar-refractivity contribution < 1.29 is 29.3 Å². The van der Waals surface area contributed by atoms with Crippen LogP contribution in [-0.2, 0) is 4.79 Å². The predicted octanol–water partition coefficient (Wildman–Crippen LogP) is 4.63. The molecule has 0 saturated heterocycles. The largest absolute Gasteiger partial charge is 0.508 e. The van der Waals surface area contributed by atoms with Gasteiger partial charge in [-0.25, -0.2) is 0 Å². The highest BCUT2D eigenvalue weighted by Crippen LogP contribution is 2.44. The number of para-hydroxylation sites is 3. The van der Waals surface area contributed by atoms with E-state index in [0.29, 0.717) is 16.5 Å². The number of aliphatic hydroxyl groups is 1. The maximum absolute atomic E-state index is 13.5. The van der Waals surface area contributed by atoms with Crippen LogP contribution >= 0.6 is 0 Å². The number of fused-ring (bicyclic) bond motifs is 1. The van der Waals surface area contributed by atoms with Crippen LogP contribution in [0.4, 0.5) is 5.69 Å². The van der Waals surface area contributed by atoms with Crippen molar-refractivity contribution >= 4 is 28.3 Å². The molecule has 0 spiro atoms. The average molecular weight is 427 g/mol. The lowest BCUT2D eigenvalue weighted by Crippen LogP contribution is -2.31. The number of hydrogen-bond donors (Lipinski definition) is 3. The summed E-state index contributed by atoms with van der Waals surface area (Å²) in [7, 11) is 0. The monoisotopic (exact) mass is 427 g/mol. The van der Waals surface area contributed by atoms with Crippen molar-refractivity contribution in [2.24, 2.45) is 0 Å². The summed E-state index contributed by atoms with van der Waals surface area (Å²) >= 11 is 0. The van der Waals surface area contributed by atoms with Crippen LogP contribution in [0.15, 0.2) is 94.6 Å². The average Bonchev–Trinajstić information content (AvgIpc) is 3.34. The zero-order valence-corrected chi connectivity index (χ0v) is 16.6. The zero-order chi connectivity index (χ0) is 22.4. The highest BCUT2D eigenvalue weighted by atomic mass is 16.3. The van der Waals surface area contributed by atoms with Gasteiger partial charge in [-0.2, -0.15) is 0 Å². The molecule has 1 aliphatic heterocycles. The topological polar surface area (TPSA) is 111 Å². The number of aromatic hydroxyl groups is 2. The standard InChI is InChI=1S/C25H17NO6/c27-16-11-9-14(10-12-16)22-21(23(29)20-13-15-5-1-4-8-19(15)32-20)24(30)25(31)26(22)17-6-2-3-7-18(17)28/h1-13,22,27-28,30H. The van der Waals surface area contributed by atoms with Crippen LogP contribution in [0, 0.1) is 0 Å². The van der Waals surface area contributed by atoms with Gasteiger partial charge in [0.25, 0.3) is 5.91 Å². The molecule has 32 heavy (non-hydrogen) atoms. The second kappa shape index (κ2) is 7.31. The minimum Gasteiger partial charge on any atom is -0.508 e. The summed E-state index contributed by atoms with van der Waals surface area (Å²) in [5.74, 6) is -2.41. The molecule has 0 fully saturated rings. The molecule has 1 aromatic heterocycles. The number of nitrogens with zero attached hydrogens (tertiary/aromatic N) is 1. The summed E-state index contributed by atoms with van der Waals surface area (Å²) in [4.78, 5) is 27.7. The number of furan rings is 1.